The predicted octanol–water partition coefficient (Wildman–Crippen LogP) is 2.26. The van der Waals surface area contributed by atoms with Crippen LogP contribution in [0.5, 0.6) is 5.75 Å². The number of nitrogens with zero attached hydrogens (tertiary/aromatic N) is 1. The number of rotatable bonds is 3. The number of pyridine rings is 1. The predicted molar refractivity (Wildman–Crippen MR) is 69.9 cm³/mol. The highest BCUT2D eigenvalue weighted by atomic mass is 16.5. The number of anilines is 1. The lowest BCUT2D eigenvalue weighted by molar-refractivity contribution is -0.114. The number of para-hydroxylation sites is 1. The second kappa shape index (κ2) is 5.77. The molecule has 2 aromatic rings. The number of hydrogen-bond acceptors (Lipinski definition) is 4. The van der Waals surface area contributed by atoms with Crippen molar-refractivity contribution in [2.45, 2.75) is 6.92 Å². The van der Waals surface area contributed by atoms with Crippen LogP contribution in [0.3, 0.4) is 0 Å². The molecule has 1 amide bonds. The molecule has 0 bridgehead atoms. The number of nitrogens with one attached hydrogen (secondary N) is 1. The second-order valence-corrected chi connectivity index (χ2v) is 3.81. The first-order valence-electron chi connectivity index (χ1n) is 5.65. The highest BCUT2D eigenvalue weighted by molar-refractivity contribution is 6.01. The summed E-state index contributed by atoms with van der Waals surface area (Å²) < 4.78 is 5.19. The molecule has 0 aliphatic rings. The minimum atomic E-state index is -0.567. The van der Waals surface area contributed by atoms with Crippen LogP contribution in [0, 0.1) is 0 Å². The number of carbonyl (C=O) groups is 2. The third-order valence-corrected chi connectivity index (χ3v) is 2.31. The Bertz CT molecular complexity index is 597. The molecule has 0 atom stereocenters. The van der Waals surface area contributed by atoms with E-state index in [-0.39, 0.29) is 11.5 Å². The molecule has 0 fully saturated rings. The summed E-state index contributed by atoms with van der Waals surface area (Å²) in [6.07, 6.45) is 2.85. The van der Waals surface area contributed by atoms with Gasteiger partial charge < -0.3 is 10.1 Å². The zero-order valence-corrected chi connectivity index (χ0v) is 10.3. The third kappa shape index (κ3) is 3.38. The lowest BCUT2D eigenvalue weighted by atomic mass is 10.2. The van der Waals surface area contributed by atoms with Crippen molar-refractivity contribution in [1.82, 2.24) is 4.98 Å². The number of esters is 1. The van der Waals surface area contributed by atoms with Crippen molar-refractivity contribution in [1.29, 1.82) is 0 Å². The molecule has 5 nitrogen and oxygen atoms in total. The maximum atomic E-state index is 12.0. The van der Waals surface area contributed by atoms with Crippen molar-refractivity contribution >= 4 is 17.6 Å². The van der Waals surface area contributed by atoms with E-state index in [1.54, 1.807) is 30.3 Å². The van der Waals surface area contributed by atoms with Gasteiger partial charge in [0.05, 0.1) is 5.69 Å². The fraction of sp³-hybridized carbons (Fsp3) is 0.0714. The molecule has 5 heteroatoms. The molecule has 1 aromatic heterocycles. The molecule has 96 valence electrons. The zero-order chi connectivity index (χ0) is 13.7. The Hall–Kier alpha value is -2.69. The summed E-state index contributed by atoms with van der Waals surface area (Å²) in [4.78, 5) is 26.9. The standard InChI is InChI=1S/C14H12N2O3/c1-10(17)16-13-7-8-15-9-12(13)14(18)19-11-5-3-2-4-6-11/h2-9H,1H3,(H,15,16,17). The molecule has 19 heavy (non-hydrogen) atoms. The number of aromatic nitrogens is 1. The number of ether oxygens (including phenoxy) is 1. The van der Waals surface area contributed by atoms with Crippen LogP contribution in [-0.4, -0.2) is 16.9 Å². The maximum Gasteiger partial charge on any atom is 0.347 e. The van der Waals surface area contributed by atoms with Crippen molar-refractivity contribution in [3.05, 3.63) is 54.4 Å². The van der Waals surface area contributed by atoms with Crippen LogP contribution in [0.1, 0.15) is 17.3 Å². The summed E-state index contributed by atoms with van der Waals surface area (Å²) in [6, 6.07) is 10.2. The van der Waals surface area contributed by atoms with Crippen LogP contribution in [0.4, 0.5) is 5.69 Å². The lowest BCUT2D eigenvalue weighted by Crippen LogP contribution is -2.15. The van der Waals surface area contributed by atoms with E-state index in [2.05, 4.69) is 10.3 Å². The number of hydrogen-bond donors (Lipinski definition) is 1. The summed E-state index contributed by atoms with van der Waals surface area (Å²) in [5.41, 5.74) is 0.588. The summed E-state index contributed by atoms with van der Waals surface area (Å²) >= 11 is 0. The molecule has 0 saturated carbocycles. The van der Waals surface area contributed by atoms with E-state index in [4.69, 9.17) is 4.74 Å². The van der Waals surface area contributed by atoms with Gasteiger partial charge in [0.1, 0.15) is 11.3 Å². The van der Waals surface area contributed by atoms with Crippen LogP contribution in [0.2, 0.25) is 0 Å². The summed E-state index contributed by atoms with van der Waals surface area (Å²) in [5, 5.41) is 2.56. The van der Waals surface area contributed by atoms with Gasteiger partial charge in [-0.1, -0.05) is 18.2 Å². The van der Waals surface area contributed by atoms with Gasteiger partial charge in [0, 0.05) is 19.3 Å². The van der Waals surface area contributed by atoms with E-state index in [0.717, 1.165) is 0 Å². The summed E-state index contributed by atoms with van der Waals surface area (Å²) in [6.45, 7) is 1.37. The van der Waals surface area contributed by atoms with Gasteiger partial charge in [-0.3, -0.25) is 9.78 Å². The van der Waals surface area contributed by atoms with Crippen molar-refractivity contribution in [2.24, 2.45) is 0 Å². The Kier molecular flexibility index (Phi) is 3.87. The third-order valence-electron chi connectivity index (χ3n) is 2.31. The van der Waals surface area contributed by atoms with E-state index in [1.165, 1.54) is 19.3 Å². The molecule has 1 aromatic carbocycles. The largest absolute Gasteiger partial charge is 0.423 e. The average Bonchev–Trinajstić information content (AvgIpc) is 2.39. The normalized spacial score (nSPS) is 9.74. The van der Waals surface area contributed by atoms with E-state index in [0.29, 0.717) is 11.4 Å². The van der Waals surface area contributed by atoms with Crippen molar-refractivity contribution in [3.63, 3.8) is 0 Å². The molecule has 1 N–H and O–H groups in total. The Morgan fingerprint density at radius 2 is 1.89 bits per heavy atom. The van der Waals surface area contributed by atoms with Crippen LogP contribution in [0.15, 0.2) is 48.8 Å². The Labute approximate surface area is 110 Å². The minimum absolute atomic E-state index is 0.210. The fourth-order valence-corrected chi connectivity index (χ4v) is 1.51. The lowest BCUT2D eigenvalue weighted by Gasteiger charge is -2.08. The molecule has 1 heterocycles. The molecule has 0 spiro atoms. The number of benzene rings is 1. The van der Waals surface area contributed by atoms with Crippen LogP contribution in [0.25, 0.3) is 0 Å². The maximum absolute atomic E-state index is 12.0. The van der Waals surface area contributed by atoms with E-state index >= 15 is 0 Å². The second-order valence-electron chi connectivity index (χ2n) is 3.81. The quantitative estimate of drug-likeness (QED) is 0.675. The Balaban J connectivity index is 2.21. The number of carbonyl (C=O) groups excluding carboxylic acids is 2. The molecule has 0 aliphatic carbocycles. The summed E-state index contributed by atoms with van der Waals surface area (Å²) in [5.74, 6) is -0.395. The molecule has 0 aliphatic heterocycles. The zero-order valence-electron chi connectivity index (χ0n) is 10.3. The van der Waals surface area contributed by atoms with E-state index < -0.39 is 5.97 Å². The molecule has 2 rings (SSSR count). The first-order valence-corrected chi connectivity index (χ1v) is 5.65. The van der Waals surface area contributed by atoms with E-state index in [9.17, 15) is 9.59 Å². The topological polar surface area (TPSA) is 68.3 Å². The summed E-state index contributed by atoms with van der Waals surface area (Å²) in [7, 11) is 0. The SMILES string of the molecule is CC(=O)Nc1ccncc1C(=O)Oc1ccccc1. The van der Waals surface area contributed by atoms with Gasteiger partial charge in [-0.15, -0.1) is 0 Å². The monoisotopic (exact) mass is 256 g/mol. The van der Waals surface area contributed by atoms with Crippen molar-refractivity contribution in [3.8, 4) is 5.75 Å². The molecule has 0 radical (unpaired) electrons. The Morgan fingerprint density at radius 1 is 1.16 bits per heavy atom. The van der Waals surface area contributed by atoms with Gasteiger partial charge >= 0.3 is 5.97 Å². The molecule has 0 saturated heterocycles. The van der Waals surface area contributed by atoms with Gasteiger partial charge in [-0.25, -0.2) is 4.79 Å². The van der Waals surface area contributed by atoms with Crippen LogP contribution >= 0.6 is 0 Å². The number of amides is 1. The Morgan fingerprint density at radius 3 is 2.58 bits per heavy atom. The van der Waals surface area contributed by atoms with Gasteiger partial charge in [-0.05, 0) is 18.2 Å². The van der Waals surface area contributed by atoms with Crippen LogP contribution in [-0.2, 0) is 4.79 Å². The molecular formula is C14H12N2O3. The molecular weight excluding hydrogens is 244 g/mol. The average molecular weight is 256 g/mol. The molecule has 0 unspecified atom stereocenters. The van der Waals surface area contributed by atoms with Crippen molar-refractivity contribution < 1.29 is 14.3 Å². The minimum Gasteiger partial charge on any atom is -0.423 e. The fourth-order valence-electron chi connectivity index (χ4n) is 1.51. The van der Waals surface area contributed by atoms with Gasteiger partial charge in [-0.2, -0.15) is 0 Å². The smallest absolute Gasteiger partial charge is 0.347 e. The van der Waals surface area contributed by atoms with Gasteiger partial charge in [0.25, 0.3) is 0 Å². The first kappa shape index (κ1) is 12.8. The highest BCUT2D eigenvalue weighted by Gasteiger charge is 2.14. The van der Waals surface area contributed by atoms with Gasteiger partial charge in [0.15, 0.2) is 0 Å². The first-order chi connectivity index (χ1) is 9.16. The van der Waals surface area contributed by atoms with Crippen LogP contribution < -0.4 is 10.1 Å². The van der Waals surface area contributed by atoms with Crippen molar-refractivity contribution in [2.75, 3.05) is 5.32 Å². The highest BCUT2D eigenvalue weighted by Crippen LogP contribution is 2.17. The van der Waals surface area contributed by atoms with E-state index in [1.807, 2.05) is 6.07 Å². The van der Waals surface area contributed by atoms with Gasteiger partial charge in [0.2, 0.25) is 5.91 Å².